The van der Waals surface area contributed by atoms with Crippen LogP contribution in [0.2, 0.25) is 0 Å². The number of fused-ring (bicyclic) bond motifs is 1. The molecule has 0 saturated carbocycles. The van der Waals surface area contributed by atoms with E-state index in [2.05, 4.69) is 15.0 Å². The Balaban J connectivity index is 1.77. The van der Waals surface area contributed by atoms with Gasteiger partial charge in [-0.05, 0) is 25.1 Å². The van der Waals surface area contributed by atoms with Crippen molar-refractivity contribution in [2.24, 2.45) is 0 Å². The van der Waals surface area contributed by atoms with E-state index in [1.165, 1.54) is 23.5 Å². The van der Waals surface area contributed by atoms with Crippen LogP contribution in [0.15, 0.2) is 42.7 Å². The second kappa shape index (κ2) is 5.61. The van der Waals surface area contributed by atoms with Gasteiger partial charge in [0.25, 0.3) is 0 Å². The minimum atomic E-state index is -0.499. The summed E-state index contributed by atoms with van der Waals surface area (Å²) < 4.78 is 20.6. The normalized spacial score (nSPS) is 11.1. The number of rotatable bonds is 3. The number of nitrogens with one attached hydrogen (secondary N) is 1. The van der Waals surface area contributed by atoms with Crippen LogP contribution in [0.3, 0.4) is 0 Å². The van der Waals surface area contributed by atoms with E-state index >= 15 is 0 Å². The first-order chi connectivity index (χ1) is 11.6. The number of nitrogens with two attached hydrogens (primary N) is 1. The number of aromatic nitrogens is 3. The molecule has 0 aliphatic rings. The first-order valence-electron chi connectivity index (χ1n) is 7.23. The van der Waals surface area contributed by atoms with Crippen molar-refractivity contribution >= 4 is 27.2 Å². The minimum absolute atomic E-state index is 0.129. The number of hydrogen-bond acceptors (Lipinski definition) is 5. The van der Waals surface area contributed by atoms with Gasteiger partial charge in [0.2, 0.25) is 0 Å². The molecule has 3 heterocycles. The van der Waals surface area contributed by atoms with E-state index in [4.69, 9.17) is 10.5 Å². The highest BCUT2D eigenvalue weighted by atomic mass is 32.1. The predicted molar refractivity (Wildman–Crippen MR) is 92.8 cm³/mol. The van der Waals surface area contributed by atoms with E-state index in [1.54, 1.807) is 24.5 Å². The largest absolute Gasteiger partial charge is 0.453 e. The summed E-state index contributed by atoms with van der Waals surface area (Å²) in [6.07, 6.45) is 3.42. The average Bonchev–Trinajstić information content (AvgIpc) is 3.16. The Morgan fingerprint density at radius 1 is 1.17 bits per heavy atom. The van der Waals surface area contributed by atoms with Crippen LogP contribution in [0.5, 0.6) is 11.5 Å². The summed E-state index contributed by atoms with van der Waals surface area (Å²) in [7, 11) is 0. The molecule has 1 aromatic carbocycles. The molecule has 0 bridgehead atoms. The number of benzene rings is 1. The highest BCUT2D eigenvalue weighted by Gasteiger charge is 2.13. The molecule has 0 amide bonds. The Hall–Kier alpha value is -2.93. The molecule has 3 aromatic heterocycles. The van der Waals surface area contributed by atoms with Gasteiger partial charge in [0.1, 0.15) is 11.6 Å². The van der Waals surface area contributed by atoms with E-state index in [0.29, 0.717) is 11.4 Å². The van der Waals surface area contributed by atoms with Crippen LogP contribution < -0.4 is 10.5 Å². The Morgan fingerprint density at radius 3 is 2.79 bits per heavy atom. The fourth-order valence-corrected chi connectivity index (χ4v) is 3.42. The molecule has 0 atom stereocenters. The standard InChI is InChI=1S/C17H13FN4OS/c1-9-21-8-13(22-9)16-7-12-17(24-16)15(4-5-20-12)23-14-3-2-10(19)6-11(14)18/h2-8H,19H2,1H3,(H,21,22). The van der Waals surface area contributed by atoms with Crippen molar-refractivity contribution in [3.63, 3.8) is 0 Å². The topological polar surface area (TPSA) is 76.8 Å². The first-order valence-corrected chi connectivity index (χ1v) is 8.05. The van der Waals surface area contributed by atoms with Crippen molar-refractivity contribution < 1.29 is 9.13 Å². The molecular formula is C17H13FN4OS. The molecule has 0 saturated heterocycles. The van der Waals surface area contributed by atoms with E-state index in [0.717, 1.165) is 26.6 Å². The number of halogens is 1. The molecule has 0 unspecified atom stereocenters. The fourth-order valence-electron chi connectivity index (χ4n) is 2.39. The van der Waals surface area contributed by atoms with Crippen LogP contribution in [0.1, 0.15) is 5.82 Å². The number of ether oxygens (including phenoxy) is 1. The van der Waals surface area contributed by atoms with Gasteiger partial charge in [0.05, 0.1) is 27.0 Å². The van der Waals surface area contributed by atoms with Crippen LogP contribution in [0.4, 0.5) is 10.1 Å². The maximum absolute atomic E-state index is 14.0. The lowest BCUT2D eigenvalue weighted by Crippen LogP contribution is -1.91. The summed E-state index contributed by atoms with van der Waals surface area (Å²) in [6.45, 7) is 1.90. The Morgan fingerprint density at radius 2 is 2.04 bits per heavy atom. The van der Waals surface area contributed by atoms with E-state index in [9.17, 15) is 4.39 Å². The first kappa shape index (κ1) is 14.6. The van der Waals surface area contributed by atoms with Crippen molar-refractivity contribution in [3.05, 3.63) is 54.4 Å². The lowest BCUT2D eigenvalue weighted by Gasteiger charge is -2.07. The lowest BCUT2D eigenvalue weighted by molar-refractivity contribution is 0.447. The van der Waals surface area contributed by atoms with Gasteiger partial charge in [0, 0.05) is 24.0 Å². The minimum Gasteiger partial charge on any atom is -0.453 e. The Kier molecular flexibility index (Phi) is 3.42. The molecule has 5 nitrogen and oxygen atoms in total. The third-order valence-electron chi connectivity index (χ3n) is 3.52. The molecule has 4 rings (SSSR count). The van der Waals surface area contributed by atoms with E-state index < -0.39 is 5.82 Å². The van der Waals surface area contributed by atoms with Gasteiger partial charge in [-0.2, -0.15) is 0 Å². The zero-order chi connectivity index (χ0) is 16.7. The van der Waals surface area contributed by atoms with Crippen LogP contribution >= 0.6 is 11.3 Å². The number of hydrogen-bond donors (Lipinski definition) is 2. The average molecular weight is 340 g/mol. The molecule has 3 N–H and O–H groups in total. The third kappa shape index (κ3) is 2.59. The van der Waals surface area contributed by atoms with Crippen LogP contribution in [-0.4, -0.2) is 15.0 Å². The predicted octanol–water partition coefficient (Wildman–Crippen LogP) is 4.51. The monoisotopic (exact) mass is 340 g/mol. The zero-order valence-electron chi connectivity index (χ0n) is 12.7. The number of aryl methyl sites for hydroxylation is 1. The summed E-state index contributed by atoms with van der Waals surface area (Å²) in [6, 6.07) is 8.03. The van der Waals surface area contributed by atoms with Gasteiger partial charge in [-0.15, -0.1) is 11.3 Å². The number of aromatic amines is 1. The lowest BCUT2D eigenvalue weighted by atomic mass is 10.3. The molecule has 0 aliphatic heterocycles. The summed E-state index contributed by atoms with van der Waals surface area (Å²) in [5, 5.41) is 0. The van der Waals surface area contributed by atoms with Gasteiger partial charge in [-0.25, -0.2) is 9.37 Å². The smallest absolute Gasteiger partial charge is 0.167 e. The van der Waals surface area contributed by atoms with E-state index in [-0.39, 0.29) is 5.75 Å². The number of nitrogens with zero attached hydrogens (tertiary/aromatic N) is 2. The summed E-state index contributed by atoms with van der Waals surface area (Å²) in [4.78, 5) is 12.8. The molecule has 120 valence electrons. The molecule has 0 fully saturated rings. The number of imidazole rings is 1. The number of H-pyrrole nitrogens is 1. The summed E-state index contributed by atoms with van der Waals surface area (Å²) >= 11 is 1.51. The Labute approximate surface area is 140 Å². The number of pyridine rings is 1. The Bertz CT molecular complexity index is 1040. The van der Waals surface area contributed by atoms with Gasteiger partial charge in [-0.3, -0.25) is 4.98 Å². The zero-order valence-corrected chi connectivity index (χ0v) is 13.5. The molecule has 0 spiro atoms. The van der Waals surface area contributed by atoms with Crippen LogP contribution in [0, 0.1) is 12.7 Å². The van der Waals surface area contributed by atoms with Crippen molar-refractivity contribution in [1.29, 1.82) is 0 Å². The highest BCUT2D eigenvalue weighted by molar-refractivity contribution is 7.22. The fraction of sp³-hybridized carbons (Fsp3) is 0.0588. The van der Waals surface area contributed by atoms with E-state index in [1.807, 2.05) is 13.0 Å². The second-order valence-corrected chi connectivity index (χ2v) is 6.36. The molecule has 24 heavy (non-hydrogen) atoms. The molecule has 7 heteroatoms. The summed E-state index contributed by atoms with van der Waals surface area (Å²) in [5.41, 5.74) is 7.63. The van der Waals surface area contributed by atoms with Crippen molar-refractivity contribution in [2.75, 3.05) is 5.73 Å². The maximum Gasteiger partial charge on any atom is 0.167 e. The van der Waals surface area contributed by atoms with Gasteiger partial charge in [0.15, 0.2) is 11.6 Å². The second-order valence-electron chi connectivity index (χ2n) is 5.31. The molecule has 0 aliphatic carbocycles. The molecular weight excluding hydrogens is 327 g/mol. The molecule has 0 radical (unpaired) electrons. The maximum atomic E-state index is 14.0. The van der Waals surface area contributed by atoms with Crippen molar-refractivity contribution in [3.8, 4) is 22.1 Å². The van der Waals surface area contributed by atoms with Gasteiger partial charge >= 0.3 is 0 Å². The number of anilines is 1. The third-order valence-corrected chi connectivity index (χ3v) is 4.69. The SMILES string of the molecule is Cc1ncc(-c2cc3nccc(Oc4ccc(N)cc4F)c3s2)[nH]1. The quantitative estimate of drug-likeness (QED) is 0.538. The number of nitrogen functional groups attached to an aromatic ring is 1. The van der Waals surface area contributed by atoms with Crippen molar-refractivity contribution in [1.82, 2.24) is 15.0 Å². The van der Waals surface area contributed by atoms with Crippen LogP contribution in [-0.2, 0) is 0 Å². The molecule has 4 aromatic rings. The highest BCUT2D eigenvalue weighted by Crippen LogP contribution is 2.39. The van der Waals surface area contributed by atoms with Crippen LogP contribution in [0.25, 0.3) is 20.8 Å². The van der Waals surface area contributed by atoms with Gasteiger partial charge < -0.3 is 15.5 Å². The summed E-state index contributed by atoms with van der Waals surface area (Å²) in [5.74, 6) is 1.02. The number of thiophene rings is 1. The van der Waals surface area contributed by atoms with Crippen molar-refractivity contribution in [2.45, 2.75) is 6.92 Å². The van der Waals surface area contributed by atoms with Gasteiger partial charge in [-0.1, -0.05) is 0 Å².